The van der Waals surface area contributed by atoms with Gasteiger partial charge in [0.2, 0.25) is 5.91 Å². The first-order valence-corrected chi connectivity index (χ1v) is 9.58. The Labute approximate surface area is 168 Å². The predicted molar refractivity (Wildman–Crippen MR) is 110 cm³/mol. The van der Waals surface area contributed by atoms with Crippen molar-refractivity contribution in [3.8, 4) is 5.75 Å². The van der Waals surface area contributed by atoms with Crippen molar-refractivity contribution in [1.82, 2.24) is 9.78 Å². The highest BCUT2D eigenvalue weighted by Gasteiger charge is 2.21. The lowest BCUT2D eigenvalue weighted by molar-refractivity contribution is -0.118. The van der Waals surface area contributed by atoms with E-state index in [4.69, 9.17) is 4.74 Å². The molecule has 3 aromatic rings. The number of amides is 2. The van der Waals surface area contributed by atoms with E-state index in [1.54, 1.807) is 34.0 Å². The van der Waals surface area contributed by atoms with E-state index < -0.39 is 0 Å². The highest BCUT2D eigenvalue weighted by molar-refractivity contribution is 5.95. The molecule has 0 aliphatic carbocycles. The van der Waals surface area contributed by atoms with Crippen molar-refractivity contribution in [3.05, 3.63) is 72.4 Å². The Bertz CT molecular complexity index is 983. The van der Waals surface area contributed by atoms with Crippen molar-refractivity contribution in [2.75, 3.05) is 23.4 Å². The fourth-order valence-electron chi connectivity index (χ4n) is 3.29. The third-order valence-electron chi connectivity index (χ3n) is 4.75. The molecule has 0 spiro atoms. The molecule has 4 rings (SSSR count). The Morgan fingerprint density at radius 3 is 2.59 bits per heavy atom. The predicted octanol–water partition coefficient (Wildman–Crippen LogP) is 3.08. The SMILES string of the molecule is O=C(COc1ccc(N2CCCC2=O)cc1)Nc1ccnn1Cc1ccccc1. The minimum atomic E-state index is -0.265. The van der Waals surface area contributed by atoms with Gasteiger partial charge in [-0.25, -0.2) is 4.68 Å². The molecule has 7 nitrogen and oxygen atoms in total. The third-order valence-corrected chi connectivity index (χ3v) is 4.75. The number of ether oxygens (including phenoxy) is 1. The number of nitrogens with one attached hydrogen (secondary N) is 1. The van der Waals surface area contributed by atoms with Gasteiger partial charge in [0, 0.05) is 24.7 Å². The van der Waals surface area contributed by atoms with Crippen molar-refractivity contribution in [3.63, 3.8) is 0 Å². The third kappa shape index (κ3) is 4.63. The highest BCUT2D eigenvalue weighted by atomic mass is 16.5. The summed E-state index contributed by atoms with van der Waals surface area (Å²) in [6, 6.07) is 18.9. The lowest BCUT2D eigenvalue weighted by Crippen LogP contribution is -2.23. The Hall–Kier alpha value is -3.61. The van der Waals surface area contributed by atoms with Crippen molar-refractivity contribution < 1.29 is 14.3 Å². The fraction of sp³-hybridized carbons (Fsp3) is 0.227. The van der Waals surface area contributed by atoms with Crippen LogP contribution in [0.1, 0.15) is 18.4 Å². The van der Waals surface area contributed by atoms with Crippen molar-refractivity contribution in [2.24, 2.45) is 0 Å². The molecule has 2 amide bonds. The summed E-state index contributed by atoms with van der Waals surface area (Å²) in [5.41, 5.74) is 1.95. The van der Waals surface area contributed by atoms with Gasteiger partial charge < -0.3 is 15.0 Å². The van der Waals surface area contributed by atoms with Gasteiger partial charge in [-0.3, -0.25) is 9.59 Å². The van der Waals surface area contributed by atoms with Gasteiger partial charge in [-0.1, -0.05) is 30.3 Å². The van der Waals surface area contributed by atoms with Crippen LogP contribution in [0.15, 0.2) is 66.9 Å². The Morgan fingerprint density at radius 2 is 1.86 bits per heavy atom. The van der Waals surface area contributed by atoms with Crippen molar-refractivity contribution in [1.29, 1.82) is 0 Å². The largest absolute Gasteiger partial charge is 0.484 e. The summed E-state index contributed by atoms with van der Waals surface area (Å²) in [6.45, 7) is 1.21. The molecule has 148 valence electrons. The average Bonchev–Trinajstić information content (AvgIpc) is 3.36. The maximum Gasteiger partial charge on any atom is 0.263 e. The fourth-order valence-corrected chi connectivity index (χ4v) is 3.29. The summed E-state index contributed by atoms with van der Waals surface area (Å²) < 4.78 is 7.31. The molecule has 2 heterocycles. The minimum absolute atomic E-state index is 0.113. The molecule has 1 aliphatic rings. The Balaban J connectivity index is 1.30. The smallest absolute Gasteiger partial charge is 0.263 e. The molecule has 2 aromatic carbocycles. The maximum absolute atomic E-state index is 12.3. The topological polar surface area (TPSA) is 76.5 Å². The summed E-state index contributed by atoms with van der Waals surface area (Å²) in [7, 11) is 0. The van der Waals surface area contributed by atoms with Crippen LogP contribution in [0.3, 0.4) is 0 Å². The zero-order valence-electron chi connectivity index (χ0n) is 16.0. The van der Waals surface area contributed by atoms with Gasteiger partial charge in [0.15, 0.2) is 6.61 Å². The second-order valence-corrected chi connectivity index (χ2v) is 6.84. The first-order chi connectivity index (χ1) is 14.2. The second-order valence-electron chi connectivity index (χ2n) is 6.84. The van der Waals surface area contributed by atoms with E-state index in [9.17, 15) is 9.59 Å². The molecule has 1 N–H and O–H groups in total. The molecule has 0 radical (unpaired) electrons. The number of hydrogen-bond acceptors (Lipinski definition) is 4. The molecule has 0 bridgehead atoms. The first kappa shape index (κ1) is 18.7. The number of carbonyl (C=O) groups is 2. The van der Waals surface area contributed by atoms with Crippen LogP contribution in [0.5, 0.6) is 5.75 Å². The van der Waals surface area contributed by atoms with Crippen LogP contribution in [-0.2, 0) is 16.1 Å². The van der Waals surface area contributed by atoms with Crippen LogP contribution in [0.2, 0.25) is 0 Å². The number of anilines is 2. The van der Waals surface area contributed by atoms with Crippen LogP contribution in [0, 0.1) is 0 Å². The summed E-state index contributed by atoms with van der Waals surface area (Å²) in [6.07, 6.45) is 3.13. The molecular weight excluding hydrogens is 368 g/mol. The molecule has 29 heavy (non-hydrogen) atoms. The Kier molecular flexibility index (Phi) is 5.56. The van der Waals surface area contributed by atoms with E-state index in [0.29, 0.717) is 24.5 Å². The van der Waals surface area contributed by atoms with E-state index in [1.807, 2.05) is 42.5 Å². The number of hydrogen-bond donors (Lipinski definition) is 1. The molecule has 0 saturated carbocycles. The van der Waals surface area contributed by atoms with Crippen LogP contribution in [-0.4, -0.2) is 34.7 Å². The molecule has 7 heteroatoms. The summed E-state index contributed by atoms with van der Waals surface area (Å²) in [5, 5.41) is 7.09. The highest BCUT2D eigenvalue weighted by Crippen LogP contribution is 2.23. The first-order valence-electron chi connectivity index (χ1n) is 9.58. The minimum Gasteiger partial charge on any atom is -0.484 e. The number of nitrogens with zero attached hydrogens (tertiary/aromatic N) is 3. The molecule has 1 aromatic heterocycles. The zero-order chi connectivity index (χ0) is 20.1. The van der Waals surface area contributed by atoms with E-state index in [2.05, 4.69) is 10.4 Å². The molecular formula is C22H22N4O3. The number of carbonyl (C=O) groups excluding carboxylic acids is 2. The average molecular weight is 390 g/mol. The van der Waals surface area contributed by atoms with E-state index in [-0.39, 0.29) is 18.4 Å². The van der Waals surface area contributed by atoms with Crippen LogP contribution >= 0.6 is 0 Å². The van der Waals surface area contributed by atoms with Crippen molar-refractivity contribution in [2.45, 2.75) is 19.4 Å². The van der Waals surface area contributed by atoms with E-state index in [1.165, 1.54) is 0 Å². The van der Waals surface area contributed by atoms with Gasteiger partial charge in [0.05, 0.1) is 12.7 Å². The summed E-state index contributed by atoms with van der Waals surface area (Å²) >= 11 is 0. The number of aromatic nitrogens is 2. The number of benzene rings is 2. The van der Waals surface area contributed by atoms with Gasteiger partial charge in [-0.05, 0) is 36.2 Å². The molecule has 1 saturated heterocycles. The van der Waals surface area contributed by atoms with Crippen LogP contribution < -0.4 is 15.0 Å². The van der Waals surface area contributed by atoms with Gasteiger partial charge in [0.1, 0.15) is 11.6 Å². The van der Waals surface area contributed by atoms with Crippen LogP contribution in [0.4, 0.5) is 11.5 Å². The van der Waals surface area contributed by atoms with Gasteiger partial charge in [-0.15, -0.1) is 0 Å². The van der Waals surface area contributed by atoms with Gasteiger partial charge >= 0.3 is 0 Å². The monoisotopic (exact) mass is 390 g/mol. The zero-order valence-corrected chi connectivity index (χ0v) is 16.0. The van der Waals surface area contributed by atoms with Gasteiger partial charge in [0.25, 0.3) is 5.91 Å². The lowest BCUT2D eigenvalue weighted by Gasteiger charge is -2.16. The summed E-state index contributed by atoms with van der Waals surface area (Å²) in [5.74, 6) is 1.07. The summed E-state index contributed by atoms with van der Waals surface area (Å²) in [4.78, 5) is 25.8. The quantitative estimate of drug-likeness (QED) is 0.673. The van der Waals surface area contributed by atoms with Crippen LogP contribution in [0.25, 0.3) is 0 Å². The normalized spacial score (nSPS) is 13.5. The van der Waals surface area contributed by atoms with Crippen molar-refractivity contribution >= 4 is 23.3 Å². The molecule has 0 atom stereocenters. The standard InChI is InChI=1S/C22H22N4O3/c27-21(24-20-12-13-23-26(20)15-17-5-2-1-3-6-17)16-29-19-10-8-18(9-11-19)25-14-4-7-22(25)28/h1-3,5-6,8-13H,4,7,14-16H2,(H,24,27). The maximum atomic E-state index is 12.3. The van der Waals surface area contributed by atoms with E-state index in [0.717, 1.165) is 24.2 Å². The van der Waals surface area contributed by atoms with E-state index >= 15 is 0 Å². The number of rotatable bonds is 7. The van der Waals surface area contributed by atoms with Gasteiger partial charge in [-0.2, -0.15) is 5.10 Å². The molecule has 1 aliphatic heterocycles. The molecule has 1 fully saturated rings. The lowest BCUT2D eigenvalue weighted by atomic mass is 10.2. The second kappa shape index (κ2) is 8.60. The molecule has 0 unspecified atom stereocenters. The Morgan fingerprint density at radius 1 is 1.07 bits per heavy atom.